The molecular formula is C22H24FN3O2. The van der Waals surface area contributed by atoms with Crippen LogP contribution in [0.2, 0.25) is 0 Å². The number of carbonyl (C=O) groups excluding carboxylic acids is 1. The van der Waals surface area contributed by atoms with Crippen molar-refractivity contribution >= 4 is 22.6 Å². The molecule has 1 aromatic heterocycles. The molecule has 0 spiro atoms. The van der Waals surface area contributed by atoms with Gasteiger partial charge < -0.3 is 20.4 Å². The van der Waals surface area contributed by atoms with Crippen molar-refractivity contribution in [1.82, 2.24) is 4.98 Å². The number of methoxy groups -OCH3 is 1. The average Bonchev–Trinajstić information content (AvgIpc) is 3.12. The van der Waals surface area contributed by atoms with Crippen molar-refractivity contribution in [3.8, 4) is 5.75 Å². The third-order valence-electron chi connectivity index (χ3n) is 5.58. The summed E-state index contributed by atoms with van der Waals surface area (Å²) < 4.78 is 18.4. The van der Waals surface area contributed by atoms with Crippen molar-refractivity contribution < 1.29 is 13.9 Å². The van der Waals surface area contributed by atoms with Gasteiger partial charge in [0, 0.05) is 24.5 Å². The van der Waals surface area contributed by atoms with Crippen LogP contribution in [0.5, 0.6) is 5.75 Å². The van der Waals surface area contributed by atoms with Crippen LogP contribution in [-0.2, 0) is 6.42 Å². The number of fused-ring (bicyclic) bond motifs is 1. The summed E-state index contributed by atoms with van der Waals surface area (Å²) in [5, 5.41) is 0.943. The zero-order chi connectivity index (χ0) is 19.7. The van der Waals surface area contributed by atoms with E-state index in [0.29, 0.717) is 17.2 Å². The van der Waals surface area contributed by atoms with Crippen molar-refractivity contribution in [2.75, 3.05) is 25.1 Å². The fraction of sp³-hybridized carbons (Fsp3) is 0.318. The molecule has 3 N–H and O–H groups in total. The number of amides is 1. The molecule has 0 unspecified atom stereocenters. The maximum Gasteiger partial charge on any atom is 0.252 e. The van der Waals surface area contributed by atoms with Gasteiger partial charge in [0.05, 0.1) is 18.2 Å². The summed E-state index contributed by atoms with van der Waals surface area (Å²) >= 11 is 0. The first-order valence-corrected chi connectivity index (χ1v) is 9.53. The Morgan fingerprint density at radius 3 is 2.57 bits per heavy atom. The zero-order valence-corrected chi connectivity index (χ0v) is 15.9. The number of halogens is 1. The molecule has 0 saturated carbocycles. The minimum Gasteiger partial charge on any atom is -0.496 e. The Balaban J connectivity index is 1.46. The van der Waals surface area contributed by atoms with E-state index in [9.17, 15) is 9.18 Å². The lowest BCUT2D eigenvalue weighted by molar-refractivity contribution is 0.0997. The molecule has 1 saturated heterocycles. The number of anilines is 1. The highest BCUT2D eigenvalue weighted by Crippen LogP contribution is 2.31. The van der Waals surface area contributed by atoms with Gasteiger partial charge in [-0.15, -0.1) is 0 Å². The number of nitrogens with zero attached hydrogens (tertiary/aromatic N) is 1. The van der Waals surface area contributed by atoms with Crippen molar-refractivity contribution in [3.05, 3.63) is 59.4 Å². The Labute approximate surface area is 163 Å². The van der Waals surface area contributed by atoms with Gasteiger partial charge >= 0.3 is 0 Å². The Kier molecular flexibility index (Phi) is 4.94. The monoisotopic (exact) mass is 381 g/mol. The number of hydrogen-bond acceptors (Lipinski definition) is 3. The number of piperidine rings is 1. The highest BCUT2D eigenvalue weighted by molar-refractivity contribution is 6.00. The molecule has 3 aromatic rings. The number of hydrogen-bond donors (Lipinski definition) is 2. The Hall–Kier alpha value is -3.02. The van der Waals surface area contributed by atoms with E-state index in [4.69, 9.17) is 10.5 Å². The minimum absolute atomic E-state index is 0.187. The fourth-order valence-corrected chi connectivity index (χ4v) is 4.01. The summed E-state index contributed by atoms with van der Waals surface area (Å²) in [7, 11) is 1.53. The second-order valence-electron chi connectivity index (χ2n) is 7.42. The number of H-pyrrole nitrogens is 1. The van der Waals surface area contributed by atoms with Crippen LogP contribution < -0.4 is 15.4 Å². The van der Waals surface area contributed by atoms with Gasteiger partial charge in [0.25, 0.3) is 5.91 Å². The molecule has 2 aromatic carbocycles. The highest BCUT2D eigenvalue weighted by Gasteiger charge is 2.21. The lowest BCUT2D eigenvalue weighted by Gasteiger charge is -2.32. The van der Waals surface area contributed by atoms with Gasteiger partial charge in [0.1, 0.15) is 17.4 Å². The number of rotatable bonds is 5. The molecule has 0 bridgehead atoms. The number of ether oxygens (including phenoxy) is 1. The summed E-state index contributed by atoms with van der Waals surface area (Å²) in [4.78, 5) is 17.4. The van der Waals surface area contributed by atoms with Crippen LogP contribution in [0.3, 0.4) is 0 Å². The van der Waals surface area contributed by atoms with E-state index in [1.54, 1.807) is 6.07 Å². The summed E-state index contributed by atoms with van der Waals surface area (Å²) in [5.74, 6) is 1.44. The quantitative estimate of drug-likeness (QED) is 0.705. The van der Waals surface area contributed by atoms with Crippen LogP contribution in [0.25, 0.3) is 10.9 Å². The second kappa shape index (κ2) is 7.54. The number of primary amides is 1. The van der Waals surface area contributed by atoms with Crippen LogP contribution in [0, 0.1) is 11.7 Å². The first kappa shape index (κ1) is 18.3. The Bertz CT molecular complexity index is 989. The van der Waals surface area contributed by atoms with Gasteiger partial charge in [-0.2, -0.15) is 0 Å². The summed E-state index contributed by atoms with van der Waals surface area (Å²) in [6, 6.07) is 12.5. The molecule has 1 fully saturated rings. The largest absolute Gasteiger partial charge is 0.496 e. The summed E-state index contributed by atoms with van der Waals surface area (Å²) in [6.45, 7) is 1.91. The molecule has 0 aliphatic carbocycles. The normalized spacial score (nSPS) is 15.1. The smallest absolute Gasteiger partial charge is 0.252 e. The van der Waals surface area contributed by atoms with E-state index in [1.165, 1.54) is 24.8 Å². The predicted octanol–water partition coefficient (Wildman–Crippen LogP) is 3.87. The molecule has 1 amide bonds. The molecule has 4 rings (SSSR count). The van der Waals surface area contributed by atoms with Gasteiger partial charge in [-0.05, 0) is 55.0 Å². The van der Waals surface area contributed by atoms with Gasteiger partial charge in [0.2, 0.25) is 0 Å². The summed E-state index contributed by atoms with van der Waals surface area (Å²) in [6.07, 6.45) is 3.16. The molecule has 146 valence electrons. The molecule has 1 aliphatic heterocycles. The van der Waals surface area contributed by atoms with Crippen molar-refractivity contribution in [2.24, 2.45) is 11.7 Å². The van der Waals surface area contributed by atoms with E-state index in [2.05, 4.69) is 16.0 Å². The van der Waals surface area contributed by atoms with E-state index in [-0.39, 0.29) is 5.82 Å². The van der Waals surface area contributed by atoms with Crippen LogP contribution >= 0.6 is 0 Å². The molecule has 1 aliphatic rings. The van der Waals surface area contributed by atoms with Crippen molar-refractivity contribution in [2.45, 2.75) is 19.3 Å². The number of aromatic amines is 1. The number of aromatic nitrogens is 1. The van der Waals surface area contributed by atoms with E-state index >= 15 is 0 Å². The van der Waals surface area contributed by atoms with Crippen molar-refractivity contribution in [1.29, 1.82) is 0 Å². The topological polar surface area (TPSA) is 71.3 Å². The van der Waals surface area contributed by atoms with Gasteiger partial charge in [0.15, 0.2) is 0 Å². The SMILES string of the molecule is COc1cc2[nH]c(N3CCC(Cc4ccc(F)cc4)CC3)cc2cc1C(N)=O. The zero-order valence-electron chi connectivity index (χ0n) is 15.9. The molecule has 0 atom stereocenters. The number of nitrogens with one attached hydrogen (secondary N) is 1. The lowest BCUT2D eigenvalue weighted by atomic mass is 9.90. The second-order valence-corrected chi connectivity index (χ2v) is 7.42. The van der Waals surface area contributed by atoms with Crippen LogP contribution in [0.1, 0.15) is 28.8 Å². The van der Waals surface area contributed by atoms with Crippen molar-refractivity contribution in [3.63, 3.8) is 0 Å². The molecule has 6 heteroatoms. The first-order chi connectivity index (χ1) is 13.5. The average molecular weight is 381 g/mol. The Morgan fingerprint density at radius 2 is 1.93 bits per heavy atom. The first-order valence-electron chi connectivity index (χ1n) is 9.53. The molecule has 2 heterocycles. The van der Waals surface area contributed by atoms with Gasteiger partial charge in [-0.3, -0.25) is 4.79 Å². The van der Waals surface area contributed by atoms with Gasteiger partial charge in [-0.1, -0.05) is 12.1 Å². The lowest BCUT2D eigenvalue weighted by Crippen LogP contribution is -2.34. The maximum atomic E-state index is 13.1. The third kappa shape index (κ3) is 3.67. The van der Waals surface area contributed by atoms with E-state index in [1.807, 2.05) is 18.2 Å². The molecular weight excluding hydrogens is 357 g/mol. The van der Waals surface area contributed by atoms with E-state index in [0.717, 1.165) is 49.1 Å². The minimum atomic E-state index is -0.497. The Morgan fingerprint density at radius 1 is 1.21 bits per heavy atom. The molecule has 0 radical (unpaired) electrons. The summed E-state index contributed by atoms with van der Waals surface area (Å²) in [5.41, 5.74) is 7.96. The van der Waals surface area contributed by atoms with Crippen LogP contribution in [0.15, 0.2) is 42.5 Å². The number of nitrogens with two attached hydrogens (primary N) is 1. The van der Waals surface area contributed by atoms with Gasteiger partial charge in [-0.25, -0.2) is 4.39 Å². The molecule has 28 heavy (non-hydrogen) atoms. The number of carbonyl (C=O) groups is 1. The highest BCUT2D eigenvalue weighted by atomic mass is 19.1. The standard InChI is InChI=1S/C22H24FN3O2/c1-28-20-13-19-16(11-18(20)22(24)27)12-21(25-19)26-8-6-15(7-9-26)10-14-2-4-17(23)5-3-14/h2-5,11-13,15,25H,6-10H2,1H3,(H2,24,27). The maximum absolute atomic E-state index is 13.1. The van der Waals surface area contributed by atoms with Crippen LogP contribution in [-0.4, -0.2) is 31.1 Å². The molecule has 5 nitrogen and oxygen atoms in total. The third-order valence-corrected chi connectivity index (χ3v) is 5.58. The fourth-order valence-electron chi connectivity index (χ4n) is 4.01. The van der Waals surface area contributed by atoms with E-state index < -0.39 is 5.91 Å². The number of benzene rings is 2. The predicted molar refractivity (Wildman–Crippen MR) is 108 cm³/mol. The van der Waals surface area contributed by atoms with Crippen LogP contribution in [0.4, 0.5) is 10.2 Å².